The predicted octanol–water partition coefficient (Wildman–Crippen LogP) is 4.56. The summed E-state index contributed by atoms with van der Waals surface area (Å²) >= 11 is 0. The third kappa shape index (κ3) is 2.71. The van der Waals surface area contributed by atoms with Crippen molar-refractivity contribution in [1.82, 2.24) is 5.32 Å². The Morgan fingerprint density at radius 1 is 1.06 bits per heavy atom. The fourth-order valence-electron chi connectivity index (χ4n) is 3.46. The van der Waals surface area contributed by atoms with Crippen LogP contribution in [-0.4, -0.2) is 13.1 Å². The second-order valence-corrected chi connectivity index (χ2v) is 7.04. The highest BCUT2D eigenvalue weighted by atomic mass is 14.9. The minimum Gasteiger partial charge on any atom is -0.317 e. The molecule has 1 saturated carbocycles. The van der Waals surface area contributed by atoms with Gasteiger partial charge < -0.3 is 5.32 Å². The molecule has 0 aromatic heterocycles. The van der Waals surface area contributed by atoms with Crippen LogP contribution in [-0.2, 0) is 0 Å². The van der Waals surface area contributed by atoms with Crippen LogP contribution in [0.15, 0.2) is 24.3 Å². The van der Waals surface area contributed by atoms with Crippen molar-refractivity contribution in [2.45, 2.75) is 59.9 Å². The molecule has 0 spiro atoms. The van der Waals surface area contributed by atoms with Crippen molar-refractivity contribution < 1.29 is 0 Å². The minimum atomic E-state index is 0.237. The third-order valence-corrected chi connectivity index (χ3v) is 5.63. The normalized spacial score (nSPS) is 41.2. The molecular formula is C17H31N. The van der Waals surface area contributed by atoms with Gasteiger partial charge in [-0.1, -0.05) is 45.1 Å². The molecule has 4 atom stereocenters. The summed E-state index contributed by atoms with van der Waals surface area (Å²) in [6, 6.07) is 0.554. The summed E-state index contributed by atoms with van der Waals surface area (Å²) in [6.45, 7) is 20.0. The number of rotatable bonds is 3. The highest BCUT2D eigenvalue weighted by Gasteiger charge is 2.43. The van der Waals surface area contributed by atoms with Crippen LogP contribution in [0.1, 0.15) is 53.9 Å². The first-order valence-corrected chi connectivity index (χ1v) is 7.15. The molecule has 1 fully saturated rings. The van der Waals surface area contributed by atoms with Gasteiger partial charge in [-0.25, -0.2) is 0 Å². The smallest absolute Gasteiger partial charge is 0.00806 e. The Bertz CT molecular complexity index is 344. The van der Waals surface area contributed by atoms with Crippen LogP contribution < -0.4 is 5.32 Å². The van der Waals surface area contributed by atoms with Gasteiger partial charge in [0.2, 0.25) is 0 Å². The number of hydrogen-bond acceptors (Lipinski definition) is 1. The molecule has 104 valence electrons. The van der Waals surface area contributed by atoms with E-state index in [1.54, 1.807) is 0 Å². The second kappa shape index (κ2) is 5.21. The van der Waals surface area contributed by atoms with E-state index in [0.29, 0.717) is 12.0 Å². The summed E-state index contributed by atoms with van der Waals surface area (Å²) < 4.78 is 0. The van der Waals surface area contributed by atoms with E-state index in [1.165, 1.54) is 30.4 Å². The molecule has 1 heteroatoms. The second-order valence-electron chi connectivity index (χ2n) is 7.04. The summed E-state index contributed by atoms with van der Waals surface area (Å²) in [4.78, 5) is 0. The largest absolute Gasteiger partial charge is 0.317 e. The zero-order chi connectivity index (χ0) is 14.1. The molecule has 1 N–H and O–H groups in total. The molecule has 1 aliphatic carbocycles. The van der Waals surface area contributed by atoms with E-state index in [1.807, 2.05) is 0 Å². The Hall–Kier alpha value is -0.560. The van der Waals surface area contributed by atoms with Crippen molar-refractivity contribution in [1.29, 1.82) is 0 Å². The molecule has 18 heavy (non-hydrogen) atoms. The van der Waals surface area contributed by atoms with Gasteiger partial charge in [0, 0.05) is 6.04 Å². The average Bonchev–Trinajstić information content (AvgIpc) is 2.36. The lowest BCUT2D eigenvalue weighted by molar-refractivity contribution is 0.203. The first kappa shape index (κ1) is 15.5. The first-order valence-electron chi connectivity index (χ1n) is 7.15. The van der Waals surface area contributed by atoms with E-state index < -0.39 is 0 Å². The van der Waals surface area contributed by atoms with Gasteiger partial charge >= 0.3 is 0 Å². The van der Waals surface area contributed by atoms with Gasteiger partial charge in [0.1, 0.15) is 0 Å². The highest BCUT2D eigenvalue weighted by Crippen LogP contribution is 2.51. The van der Waals surface area contributed by atoms with E-state index in [9.17, 15) is 0 Å². The lowest BCUT2D eigenvalue weighted by atomic mass is 9.67. The molecule has 0 aliphatic heterocycles. The van der Waals surface area contributed by atoms with Gasteiger partial charge in [0.15, 0.2) is 0 Å². The molecule has 0 amide bonds. The molecule has 1 rings (SSSR count). The van der Waals surface area contributed by atoms with Crippen molar-refractivity contribution in [2.75, 3.05) is 7.05 Å². The quantitative estimate of drug-likeness (QED) is 0.571. The maximum absolute atomic E-state index is 4.25. The van der Waals surface area contributed by atoms with E-state index >= 15 is 0 Å². The van der Waals surface area contributed by atoms with Crippen LogP contribution in [0.4, 0.5) is 0 Å². The van der Waals surface area contributed by atoms with Crippen LogP contribution in [0, 0.1) is 16.7 Å². The Labute approximate surface area is 114 Å². The van der Waals surface area contributed by atoms with E-state index in [0.717, 1.165) is 0 Å². The van der Waals surface area contributed by atoms with Crippen LogP contribution in [0.3, 0.4) is 0 Å². The van der Waals surface area contributed by atoms with Gasteiger partial charge in [-0.15, -0.1) is 0 Å². The third-order valence-electron chi connectivity index (χ3n) is 5.63. The van der Waals surface area contributed by atoms with Crippen molar-refractivity contribution in [3.8, 4) is 0 Å². The van der Waals surface area contributed by atoms with Gasteiger partial charge in [-0.2, -0.15) is 0 Å². The zero-order valence-electron chi connectivity index (χ0n) is 13.2. The van der Waals surface area contributed by atoms with Crippen molar-refractivity contribution in [3.63, 3.8) is 0 Å². The molecule has 4 unspecified atom stereocenters. The molecule has 0 saturated heterocycles. The minimum absolute atomic E-state index is 0.237. The summed E-state index contributed by atoms with van der Waals surface area (Å²) in [6.07, 6.45) is 3.58. The Kier molecular flexibility index (Phi) is 4.48. The molecule has 0 radical (unpaired) electrons. The Morgan fingerprint density at radius 3 is 2.00 bits per heavy atom. The van der Waals surface area contributed by atoms with Gasteiger partial charge in [0.25, 0.3) is 0 Å². The van der Waals surface area contributed by atoms with Crippen LogP contribution in [0.2, 0.25) is 0 Å². The van der Waals surface area contributed by atoms with Crippen molar-refractivity contribution >= 4 is 0 Å². The number of allylic oxidation sites excluding steroid dienone is 2. The molecule has 0 aromatic rings. The predicted molar refractivity (Wildman–Crippen MR) is 81.7 cm³/mol. The maximum atomic E-state index is 4.25. The van der Waals surface area contributed by atoms with Crippen LogP contribution in [0.5, 0.6) is 0 Å². The van der Waals surface area contributed by atoms with Gasteiger partial charge in [0.05, 0.1) is 0 Å². The monoisotopic (exact) mass is 249 g/mol. The van der Waals surface area contributed by atoms with Crippen LogP contribution >= 0.6 is 0 Å². The summed E-state index contributed by atoms with van der Waals surface area (Å²) in [5.41, 5.74) is 3.13. The van der Waals surface area contributed by atoms with E-state index in [2.05, 4.69) is 60.1 Å². The van der Waals surface area contributed by atoms with E-state index in [4.69, 9.17) is 0 Å². The lowest BCUT2D eigenvalue weighted by Gasteiger charge is -2.38. The van der Waals surface area contributed by atoms with Gasteiger partial charge in [-0.3, -0.25) is 0 Å². The standard InChI is InChI=1S/C17H31N/c1-12(2)16(6)9-14(5)17(7,13(3)4)11-15(10-16)18-8/h14-15,18H,1,3,9-11H2,2,4-8H3. The molecular weight excluding hydrogens is 218 g/mol. The molecule has 1 nitrogen and oxygen atoms in total. The molecule has 0 aromatic carbocycles. The SMILES string of the molecule is C=C(C)C1(C)CC(NC)CC(C)(C(=C)C)C(C)C1. The average molecular weight is 249 g/mol. The van der Waals surface area contributed by atoms with E-state index in [-0.39, 0.29) is 10.8 Å². The molecule has 0 heterocycles. The van der Waals surface area contributed by atoms with Gasteiger partial charge in [-0.05, 0) is 56.9 Å². The van der Waals surface area contributed by atoms with Crippen LogP contribution in [0.25, 0.3) is 0 Å². The maximum Gasteiger partial charge on any atom is 0.00806 e. The molecule has 1 aliphatic rings. The summed E-state index contributed by atoms with van der Waals surface area (Å²) in [5.74, 6) is 0.648. The topological polar surface area (TPSA) is 12.0 Å². The van der Waals surface area contributed by atoms with Crippen molar-refractivity contribution in [3.05, 3.63) is 24.3 Å². The van der Waals surface area contributed by atoms with Crippen molar-refractivity contribution in [2.24, 2.45) is 16.7 Å². The fourth-order valence-corrected chi connectivity index (χ4v) is 3.46. The summed E-state index contributed by atoms with van der Waals surface area (Å²) in [7, 11) is 2.08. The Balaban J connectivity index is 3.14. The Morgan fingerprint density at radius 2 is 1.61 bits per heavy atom. The number of nitrogens with one attached hydrogen (secondary N) is 1. The highest BCUT2D eigenvalue weighted by molar-refractivity contribution is 5.16. The lowest BCUT2D eigenvalue weighted by Crippen LogP contribution is -2.34. The fraction of sp³-hybridized carbons (Fsp3) is 0.765. The first-order chi connectivity index (χ1) is 8.15. The number of hydrogen-bond donors (Lipinski definition) is 1. The zero-order valence-corrected chi connectivity index (χ0v) is 13.2. The summed E-state index contributed by atoms with van der Waals surface area (Å²) in [5, 5.41) is 3.50. The molecule has 0 bridgehead atoms.